The Morgan fingerprint density at radius 2 is 2.00 bits per heavy atom. The zero-order chi connectivity index (χ0) is 14.3. The van der Waals surface area contributed by atoms with Gasteiger partial charge in [-0.25, -0.2) is 4.98 Å². The highest BCUT2D eigenvalue weighted by Crippen LogP contribution is 2.27. The Morgan fingerprint density at radius 3 is 2.70 bits per heavy atom. The van der Waals surface area contributed by atoms with E-state index in [1.165, 1.54) is 27.2 Å². The topological polar surface area (TPSA) is 30.0 Å². The van der Waals surface area contributed by atoms with Gasteiger partial charge in [0.05, 0.1) is 21.5 Å². The lowest BCUT2D eigenvalue weighted by Crippen LogP contribution is -2.02. The summed E-state index contributed by atoms with van der Waals surface area (Å²) in [6.07, 6.45) is 0.402. The Hall–Kier alpha value is -1.52. The van der Waals surface area contributed by atoms with Crippen molar-refractivity contribution in [1.82, 2.24) is 4.98 Å². The molecule has 0 N–H and O–H groups in total. The first-order valence-electron chi connectivity index (χ1n) is 6.48. The van der Waals surface area contributed by atoms with E-state index in [2.05, 4.69) is 31.0 Å². The molecule has 1 aromatic carbocycles. The van der Waals surface area contributed by atoms with Crippen molar-refractivity contribution in [2.75, 3.05) is 0 Å². The molecule has 0 bridgehead atoms. The highest BCUT2D eigenvalue weighted by Gasteiger charge is 2.15. The molecule has 0 unspecified atom stereocenters. The van der Waals surface area contributed by atoms with Gasteiger partial charge in [-0.2, -0.15) is 0 Å². The van der Waals surface area contributed by atoms with Crippen LogP contribution in [0.4, 0.5) is 0 Å². The largest absolute Gasteiger partial charge is 0.293 e. The minimum atomic E-state index is 0.172. The summed E-state index contributed by atoms with van der Waals surface area (Å²) in [6.45, 7) is 6.14. The van der Waals surface area contributed by atoms with Gasteiger partial charge in [0.1, 0.15) is 5.01 Å². The third kappa shape index (κ3) is 2.41. The number of aromatic nitrogens is 1. The van der Waals surface area contributed by atoms with Crippen LogP contribution in [0.25, 0.3) is 10.2 Å². The third-order valence-corrected chi connectivity index (χ3v) is 5.36. The van der Waals surface area contributed by atoms with Crippen LogP contribution in [0.3, 0.4) is 0 Å². The van der Waals surface area contributed by atoms with Crippen molar-refractivity contribution in [3.63, 3.8) is 0 Å². The summed E-state index contributed by atoms with van der Waals surface area (Å²) in [5.74, 6) is 0.172. The Balaban J connectivity index is 1.94. The van der Waals surface area contributed by atoms with Gasteiger partial charge in [-0.3, -0.25) is 4.79 Å². The number of carbonyl (C=O) groups excluding carboxylic acids is 1. The van der Waals surface area contributed by atoms with Crippen LogP contribution in [0.5, 0.6) is 0 Å². The first-order chi connectivity index (χ1) is 9.54. The summed E-state index contributed by atoms with van der Waals surface area (Å²) in [4.78, 5) is 17.8. The highest BCUT2D eigenvalue weighted by atomic mass is 32.1. The number of hydrogen-bond acceptors (Lipinski definition) is 4. The molecule has 4 heteroatoms. The Kier molecular flexibility index (Phi) is 3.44. The molecule has 2 nitrogen and oxygen atoms in total. The van der Waals surface area contributed by atoms with Crippen molar-refractivity contribution in [2.45, 2.75) is 27.2 Å². The number of thiophene rings is 1. The zero-order valence-electron chi connectivity index (χ0n) is 11.7. The molecule has 0 saturated carbocycles. The predicted octanol–water partition coefficient (Wildman–Crippen LogP) is 4.71. The van der Waals surface area contributed by atoms with Gasteiger partial charge in [-0.1, -0.05) is 6.07 Å². The molecular formula is C16H15NOS2. The number of ketones is 1. The van der Waals surface area contributed by atoms with Crippen molar-refractivity contribution < 1.29 is 4.79 Å². The predicted molar refractivity (Wildman–Crippen MR) is 86.2 cm³/mol. The van der Waals surface area contributed by atoms with Crippen LogP contribution in [0.1, 0.15) is 31.4 Å². The first-order valence-corrected chi connectivity index (χ1v) is 8.18. The van der Waals surface area contributed by atoms with Crippen LogP contribution in [0, 0.1) is 20.8 Å². The molecule has 0 aliphatic heterocycles. The number of fused-ring (bicyclic) bond motifs is 1. The molecule has 102 valence electrons. The van der Waals surface area contributed by atoms with Gasteiger partial charge in [-0.15, -0.1) is 22.7 Å². The standard InChI is InChI=1S/C16H15NOS2/c1-9-6-11(3)15-13(7-9)20-14(17-15)8-12(18)16-10(2)4-5-19-16/h4-7H,8H2,1-3H3. The number of carbonyl (C=O) groups is 1. The lowest BCUT2D eigenvalue weighted by molar-refractivity contribution is 0.0996. The second kappa shape index (κ2) is 5.11. The first kappa shape index (κ1) is 13.5. The van der Waals surface area contributed by atoms with E-state index in [4.69, 9.17) is 0 Å². The van der Waals surface area contributed by atoms with E-state index >= 15 is 0 Å². The van der Waals surface area contributed by atoms with E-state index in [0.717, 1.165) is 21.0 Å². The van der Waals surface area contributed by atoms with Gasteiger partial charge < -0.3 is 0 Å². The maximum absolute atomic E-state index is 12.3. The SMILES string of the molecule is Cc1cc(C)c2nc(CC(=O)c3sccc3C)sc2c1. The quantitative estimate of drug-likeness (QED) is 0.656. The van der Waals surface area contributed by atoms with Crippen molar-refractivity contribution >= 4 is 38.7 Å². The number of hydrogen-bond donors (Lipinski definition) is 0. The van der Waals surface area contributed by atoms with Gasteiger partial charge in [0, 0.05) is 0 Å². The average molecular weight is 301 g/mol. The fourth-order valence-electron chi connectivity index (χ4n) is 2.37. The van der Waals surface area contributed by atoms with E-state index in [0.29, 0.717) is 6.42 Å². The number of nitrogens with zero attached hydrogens (tertiary/aromatic N) is 1. The molecule has 20 heavy (non-hydrogen) atoms. The molecule has 0 atom stereocenters. The molecule has 2 heterocycles. The van der Waals surface area contributed by atoms with Gasteiger partial charge >= 0.3 is 0 Å². The molecule has 0 fully saturated rings. The van der Waals surface area contributed by atoms with Gasteiger partial charge in [0.2, 0.25) is 0 Å². The monoisotopic (exact) mass is 301 g/mol. The molecule has 0 amide bonds. The fraction of sp³-hybridized carbons (Fsp3) is 0.250. The van der Waals surface area contributed by atoms with Crippen LogP contribution in [-0.2, 0) is 6.42 Å². The van der Waals surface area contributed by atoms with Crippen molar-refractivity contribution in [3.05, 3.63) is 50.2 Å². The van der Waals surface area contributed by atoms with E-state index in [9.17, 15) is 4.79 Å². The number of rotatable bonds is 3. The van der Waals surface area contributed by atoms with Gasteiger partial charge in [-0.05, 0) is 55.0 Å². The van der Waals surface area contributed by atoms with Crippen molar-refractivity contribution in [2.24, 2.45) is 0 Å². The fourth-order valence-corrected chi connectivity index (χ4v) is 4.38. The summed E-state index contributed by atoms with van der Waals surface area (Å²) >= 11 is 3.15. The lowest BCUT2D eigenvalue weighted by Gasteiger charge is -1.96. The molecule has 0 spiro atoms. The smallest absolute Gasteiger partial charge is 0.179 e. The zero-order valence-corrected chi connectivity index (χ0v) is 13.3. The van der Waals surface area contributed by atoms with Crippen molar-refractivity contribution in [3.8, 4) is 0 Å². The number of aryl methyl sites for hydroxylation is 3. The van der Waals surface area contributed by atoms with Crippen LogP contribution in [0.2, 0.25) is 0 Å². The number of Topliss-reactive ketones (excluding diaryl/α,β-unsaturated/α-hetero) is 1. The van der Waals surface area contributed by atoms with Crippen LogP contribution in [-0.4, -0.2) is 10.8 Å². The molecule has 0 aliphatic rings. The molecule has 2 aromatic heterocycles. The molecule has 0 radical (unpaired) electrons. The number of benzene rings is 1. The summed E-state index contributed by atoms with van der Waals surface area (Å²) in [5, 5.41) is 2.88. The van der Waals surface area contributed by atoms with Gasteiger partial charge in [0.25, 0.3) is 0 Å². The molecule has 3 rings (SSSR count). The molecule has 3 aromatic rings. The Morgan fingerprint density at radius 1 is 1.20 bits per heavy atom. The highest BCUT2D eigenvalue weighted by molar-refractivity contribution is 7.18. The maximum Gasteiger partial charge on any atom is 0.179 e. The average Bonchev–Trinajstić information content (AvgIpc) is 2.95. The summed E-state index contributed by atoms with van der Waals surface area (Å²) < 4.78 is 1.17. The summed E-state index contributed by atoms with van der Waals surface area (Å²) in [7, 11) is 0. The Labute approximate surface area is 126 Å². The minimum absolute atomic E-state index is 0.172. The second-order valence-electron chi connectivity index (χ2n) is 5.07. The van der Waals surface area contributed by atoms with Crippen molar-refractivity contribution in [1.29, 1.82) is 0 Å². The van der Waals surface area contributed by atoms with E-state index in [1.54, 1.807) is 11.3 Å². The van der Waals surface area contributed by atoms with Crippen LogP contribution >= 0.6 is 22.7 Å². The van der Waals surface area contributed by atoms with Crippen LogP contribution < -0.4 is 0 Å². The normalized spacial score (nSPS) is 11.2. The van der Waals surface area contributed by atoms with E-state index in [1.807, 2.05) is 18.4 Å². The second-order valence-corrected chi connectivity index (χ2v) is 7.10. The van der Waals surface area contributed by atoms with Crippen LogP contribution in [0.15, 0.2) is 23.6 Å². The summed E-state index contributed by atoms with van der Waals surface area (Å²) in [6, 6.07) is 6.27. The van der Waals surface area contributed by atoms with E-state index in [-0.39, 0.29) is 5.78 Å². The minimum Gasteiger partial charge on any atom is -0.293 e. The lowest BCUT2D eigenvalue weighted by atomic mass is 10.1. The van der Waals surface area contributed by atoms with Gasteiger partial charge in [0.15, 0.2) is 5.78 Å². The number of thiazole rings is 1. The third-order valence-electron chi connectivity index (χ3n) is 3.30. The molecule has 0 saturated heterocycles. The Bertz CT molecular complexity index is 798. The van der Waals surface area contributed by atoms with E-state index < -0.39 is 0 Å². The molecule has 0 aliphatic carbocycles. The summed E-state index contributed by atoms with van der Waals surface area (Å²) in [5.41, 5.74) is 4.52. The molecular weight excluding hydrogens is 286 g/mol. The maximum atomic E-state index is 12.3.